The number of ether oxygens (including phenoxy) is 4. The summed E-state index contributed by atoms with van der Waals surface area (Å²) in [6.07, 6.45) is 3.22. The number of hydrogen-bond donors (Lipinski definition) is 1. The fourth-order valence-electron chi connectivity index (χ4n) is 6.65. The second-order valence-electron chi connectivity index (χ2n) is 12.1. The number of hydrogen-bond acceptors (Lipinski definition) is 9. The van der Waals surface area contributed by atoms with Crippen molar-refractivity contribution >= 4 is 21.3 Å². The topological polar surface area (TPSA) is 153 Å². The van der Waals surface area contributed by atoms with E-state index in [0.717, 1.165) is 45.7 Å². The Bertz CT molecular complexity index is 1520. The first-order valence-corrected chi connectivity index (χ1v) is 16.5. The van der Waals surface area contributed by atoms with Crippen LogP contribution in [-0.2, 0) is 49.2 Å². The summed E-state index contributed by atoms with van der Waals surface area (Å²) in [7, 11) is -2.41. The highest BCUT2D eigenvalue weighted by atomic mass is 32.2. The van der Waals surface area contributed by atoms with Crippen molar-refractivity contribution in [3.8, 4) is 0 Å². The maximum absolute atomic E-state index is 12.9. The van der Waals surface area contributed by atoms with Crippen molar-refractivity contribution in [2.24, 2.45) is 18.9 Å². The molecular formula is C27H39F3N4O9S. The van der Waals surface area contributed by atoms with Gasteiger partial charge in [0.05, 0.1) is 38.5 Å². The van der Waals surface area contributed by atoms with Gasteiger partial charge in [-0.25, -0.2) is 9.78 Å². The molecule has 2 saturated heterocycles. The van der Waals surface area contributed by atoms with Crippen LogP contribution in [0, 0.1) is 11.8 Å². The summed E-state index contributed by atoms with van der Waals surface area (Å²) in [5.41, 5.74) is -1.59. The van der Waals surface area contributed by atoms with Crippen LogP contribution in [0.15, 0.2) is 15.9 Å². The summed E-state index contributed by atoms with van der Waals surface area (Å²) in [5, 5.41) is 0. The third-order valence-electron chi connectivity index (χ3n) is 9.04. The first-order valence-electron chi connectivity index (χ1n) is 14.9. The lowest BCUT2D eigenvalue weighted by molar-refractivity contribution is -0.183. The van der Waals surface area contributed by atoms with Crippen molar-refractivity contribution in [3.05, 3.63) is 27.2 Å². The van der Waals surface area contributed by atoms with Crippen molar-refractivity contribution < 1.29 is 45.1 Å². The molecule has 2 saturated carbocycles. The molecule has 44 heavy (non-hydrogen) atoms. The molecule has 0 unspecified atom stereocenters. The SMILES string of the molecule is Cn1c(=O)n(CC2CCC3(CC2)OCCO3)c(=O)c2c1ncn2CC(F)(F)F.O=S(=O)(O)CCC1CCC2(CC1)OCCO2. The Morgan fingerprint density at radius 1 is 0.932 bits per heavy atom. The third-order valence-corrected chi connectivity index (χ3v) is 9.79. The zero-order valence-electron chi connectivity index (χ0n) is 24.6. The summed E-state index contributed by atoms with van der Waals surface area (Å²) in [4.78, 5) is 29.3. The van der Waals surface area contributed by atoms with E-state index in [2.05, 4.69) is 4.98 Å². The van der Waals surface area contributed by atoms with Gasteiger partial charge < -0.3 is 23.5 Å². The molecule has 2 aromatic heterocycles. The van der Waals surface area contributed by atoms with Gasteiger partial charge in [-0.3, -0.25) is 18.5 Å². The van der Waals surface area contributed by atoms with Crippen molar-refractivity contribution in [2.75, 3.05) is 32.2 Å². The average Bonchev–Trinajstić information content (AvgIpc) is 3.71. The van der Waals surface area contributed by atoms with E-state index >= 15 is 0 Å². The molecule has 248 valence electrons. The summed E-state index contributed by atoms with van der Waals surface area (Å²) < 4.78 is 93.8. The summed E-state index contributed by atoms with van der Waals surface area (Å²) in [6, 6.07) is 0. The van der Waals surface area contributed by atoms with Crippen LogP contribution in [0.25, 0.3) is 11.2 Å². The Kier molecular flexibility index (Phi) is 9.64. The molecule has 6 rings (SSSR count). The predicted octanol–water partition coefficient (Wildman–Crippen LogP) is 2.59. The second kappa shape index (κ2) is 12.8. The maximum atomic E-state index is 12.9. The van der Waals surface area contributed by atoms with Gasteiger partial charge in [-0.2, -0.15) is 21.6 Å². The zero-order valence-corrected chi connectivity index (χ0v) is 25.4. The molecule has 0 atom stereocenters. The summed E-state index contributed by atoms with van der Waals surface area (Å²) in [6.45, 7) is 1.26. The molecule has 0 radical (unpaired) electrons. The molecule has 2 aliphatic carbocycles. The van der Waals surface area contributed by atoms with Gasteiger partial charge in [-0.15, -0.1) is 0 Å². The van der Waals surface area contributed by atoms with Crippen molar-refractivity contribution in [3.63, 3.8) is 0 Å². The smallest absolute Gasteiger partial charge is 0.348 e. The van der Waals surface area contributed by atoms with Crippen LogP contribution in [0.4, 0.5) is 13.2 Å². The number of fused-ring (bicyclic) bond motifs is 1. The minimum Gasteiger partial charge on any atom is -0.348 e. The van der Waals surface area contributed by atoms with E-state index in [1.807, 2.05) is 0 Å². The Labute approximate surface area is 252 Å². The van der Waals surface area contributed by atoms with Crippen molar-refractivity contribution in [1.29, 1.82) is 0 Å². The number of imidazole rings is 1. The normalized spacial score (nSPS) is 23.8. The molecule has 0 aromatic carbocycles. The molecule has 4 heterocycles. The van der Waals surface area contributed by atoms with Crippen molar-refractivity contribution in [2.45, 2.75) is 88.6 Å². The minimum atomic E-state index is -4.50. The quantitative estimate of drug-likeness (QED) is 0.461. The fourth-order valence-corrected chi connectivity index (χ4v) is 7.28. The highest BCUT2D eigenvalue weighted by molar-refractivity contribution is 7.85. The lowest BCUT2D eigenvalue weighted by Crippen LogP contribution is -2.43. The molecule has 13 nitrogen and oxygen atoms in total. The van der Waals surface area contributed by atoms with Crippen LogP contribution in [0.1, 0.15) is 57.8 Å². The highest BCUT2D eigenvalue weighted by Gasteiger charge is 2.41. The first-order chi connectivity index (χ1) is 20.7. The van der Waals surface area contributed by atoms with E-state index in [1.165, 1.54) is 7.05 Å². The minimum absolute atomic E-state index is 0.0419. The Morgan fingerprint density at radius 3 is 1.91 bits per heavy atom. The number of rotatable bonds is 6. The Balaban J connectivity index is 0.000000204. The molecule has 0 bridgehead atoms. The Hall–Kier alpha value is -2.31. The van der Waals surface area contributed by atoms with Crippen molar-refractivity contribution in [1.82, 2.24) is 18.7 Å². The number of aryl methyl sites for hydroxylation is 1. The molecule has 2 aliphatic heterocycles. The van der Waals surface area contributed by atoms with Gasteiger partial charge in [-0.1, -0.05) is 0 Å². The Morgan fingerprint density at radius 2 is 1.43 bits per heavy atom. The fraction of sp³-hybridized carbons (Fsp3) is 0.815. The van der Waals surface area contributed by atoms with Gasteiger partial charge in [0, 0.05) is 39.3 Å². The van der Waals surface area contributed by atoms with Crippen LogP contribution in [0.5, 0.6) is 0 Å². The molecule has 0 amide bonds. The van der Waals surface area contributed by atoms with Gasteiger partial charge in [-0.05, 0) is 43.9 Å². The maximum Gasteiger partial charge on any atom is 0.406 e. The highest BCUT2D eigenvalue weighted by Crippen LogP contribution is 2.40. The van der Waals surface area contributed by atoms with Crippen LogP contribution in [-0.4, -0.2) is 81.6 Å². The lowest BCUT2D eigenvalue weighted by atomic mass is 9.84. The molecule has 4 aliphatic rings. The molecule has 17 heteroatoms. The van der Waals surface area contributed by atoms with Gasteiger partial charge in [0.25, 0.3) is 15.7 Å². The van der Waals surface area contributed by atoms with Gasteiger partial charge >= 0.3 is 11.9 Å². The molecule has 2 aromatic rings. The van der Waals surface area contributed by atoms with Crippen LogP contribution < -0.4 is 11.2 Å². The van der Waals surface area contributed by atoms with E-state index in [0.29, 0.717) is 64.4 Å². The second-order valence-corrected chi connectivity index (χ2v) is 13.7. The summed E-state index contributed by atoms with van der Waals surface area (Å²) >= 11 is 0. The van der Waals surface area contributed by atoms with E-state index in [1.54, 1.807) is 0 Å². The van der Waals surface area contributed by atoms with Crippen LogP contribution in [0.3, 0.4) is 0 Å². The van der Waals surface area contributed by atoms with E-state index < -0.39 is 39.9 Å². The first kappa shape index (κ1) is 33.1. The van der Waals surface area contributed by atoms with Crippen LogP contribution >= 0.6 is 0 Å². The van der Waals surface area contributed by atoms with Gasteiger partial charge in [0.1, 0.15) is 6.54 Å². The lowest BCUT2D eigenvalue weighted by Gasteiger charge is -2.35. The van der Waals surface area contributed by atoms with Gasteiger partial charge in [0.2, 0.25) is 0 Å². The third kappa shape index (κ3) is 7.73. The number of nitrogens with zero attached hydrogens (tertiary/aromatic N) is 4. The predicted molar refractivity (Wildman–Crippen MR) is 150 cm³/mol. The standard InChI is InChI=1S/C17H21F3N4O4.C10H18O5S/c1-22-13-12(23(10-21-13)9-17(18,19)20)14(25)24(15(22)26)8-11-2-4-16(5-3-11)27-6-7-28-16;11-16(12,13)8-3-9-1-4-10(5-2-9)14-6-7-15-10/h10-11H,2-9H2,1H3;9H,1-8H2,(H,11,12,13). The number of alkyl halides is 3. The monoisotopic (exact) mass is 652 g/mol. The number of aromatic nitrogens is 4. The zero-order chi connectivity index (χ0) is 31.8. The number of halogens is 3. The average molecular weight is 653 g/mol. The molecule has 1 N–H and O–H groups in total. The van der Waals surface area contributed by atoms with Gasteiger partial charge in [0.15, 0.2) is 22.7 Å². The molecule has 4 fully saturated rings. The largest absolute Gasteiger partial charge is 0.406 e. The van der Waals surface area contributed by atoms with Crippen LogP contribution in [0.2, 0.25) is 0 Å². The molecule has 2 spiro atoms. The van der Waals surface area contributed by atoms with E-state index in [9.17, 15) is 31.2 Å². The summed E-state index contributed by atoms with van der Waals surface area (Å²) in [5.74, 6) is -0.663. The molecular weight excluding hydrogens is 613 g/mol. The van der Waals surface area contributed by atoms with E-state index in [-0.39, 0.29) is 35.2 Å². The van der Waals surface area contributed by atoms with E-state index in [4.69, 9.17) is 23.5 Å².